The summed E-state index contributed by atoms with van der Waals surface area (Å²) >= 11 is 0. The molecule has 4 nitrogen and oxygen atoms in total. The highest BCUT2D eigenvalue weighted by Crippen LogP contribution is 2.32. The Hall–Kier alpha value is -1.81. The average Bonchev–Trinajstić information content (AvgIpc) is 2.82. The highest BCUT2D eigenvalue weighted by Gasteiger charge is 2.15. The van der Waals surface area contributed by atoms with Gasteiger partial charge in [-0.1, -0.05) is 25.5 Å². The molecule has 0 aliphatic carbocycles. The number of rotatable bonds is 7. The minimum atomic E-state index is 0.748. The minimum Gasteiger partial charge on any atom is -0.493 e. The first-order valence-corrected chi connectivity index (χ1v) is 7.18. The van der Waals surface area contributed by atoms with Gasteiger partial charge in [0.05, 0.1) is 6.61 Å². The average molecular weight is 273 g/mol. The second-order valence-corrected chi connectivity index (χ2v) is 4.90. The molecule has 1 aromatic heterocycles. The lowest BCUT2D eigenvalue weighted by atomic mass is 10.1. The largest absolute Gasteiger partial charge is 0.493 e. The van der Waals surface area contributed by atoms with Crippen molar-refractivity contribution in [3.63, 3.8) is 0 Å². The first-order chi connectivity index (χ1) is 9.77. The topological polar surface area (TPSA) is 49.9 Å². The van der Waals surface area contributed by atoms with E-state index >= 15 is 0 Å². The van der Waals surface area contributed by atoms with Crippen LogP contribution < -0.4 is 10.1 Å². The van der Waals surface area contributed by atoms with Gasteiger partial charge in [0.1, 0.15) is 11.4 Å². The third-order valence-corrected chi connectivity index (χ3v) is 3.33. The van der Waals surface area contributed by atoms with Crippen molar-refractivity contribution in [2.75, 3.05) is 13.7 Å². The van der Waals surface area contributed by atoms with Gasteiger partial charge in [0.25, 0.3) is 0 Å². The van der Waals surface area contributed by atoms with E-state index in [1.807, 2.05) is 32.2 Å². The Labute approximate surface area is 120 Å². The van der Waals surface area contributed by atoms with Gasteiger partial charge in [0.2, 0.25) is 0 Å². The monoisotopic (exact) mass is 273 g/mol. The van der Waals surface area contributed by atoms with E-state index in [0.717, 1.165) is 48.7 Å². The predicted molar refractivity (Wildman–Crippen MR) is 81.9 cm³/mol. The summed E-state index contributed by atoms with van der Waals surface area (Å²) in [6.07, 6.45) is 2.20. The lowest BCUT2D eigenvalue weighted by Crippen LogP contribution is -2.07. The zero-order valence-corrected chi connectivity index (χ0v) is 12.5. The first kappa shape index (κ1) is 14.6. The molecule has 2 rings (SSSR count). The molecule has 20 heavy (non-hydrogen) atoms. The summed E-state index contributed by atoms with van der Waals surface area (Å²) in [5.41, 5.74) is 4.32. The van der Waals surface area contributed by atoms with Crippen molar-refractivity contribution < 1.29 is 4.74 Å². The molecule has 0 aliphatic rings. The summed E-state index contributed by atoms with van der Waals surface area (Å²) in [7, 11) is 1.94. The molecule has 0 spiro atoms. The fourth-order valence-corrected chi connectivity index (χ4v) is 2.18. The molecule has 2 aromatic rings. The lowest BCUT2D eigenvalue weighted by molar-refractivity contribution is 0.310. The molecule has 0 atom stereocenters. The summed E-state index contributed by atoms with van der Waals surface area (Å²) in [6, 6.07) is 8.10. The Morgan fingerprint density at radius 3 is 2.85 bits per heavy atom. The zero-order chi connectivity index (χ0) is 14.4. The van der Waals surface area contributed by atoms with Crippen LogP contribution in [0.15, 0.2) is 24.3 Å². The second-order valence-electron chi connectivity index (χ2n) is 4.90. The summed E-state index contributed by atoms with van der Waals surface area (Å²) in [6.45, 7) is 5.75. The van der Waals surface area contributed by atoms with Crippen molar-refractivity contribution in [2.45, 2.75) is 33.2 Å². The van der Waals surface area contributed by atoms with Crippen LogP contribution in [0.25, 0.3) is 11.3 Å². The first-order valence-electron chi connectivity index (χ1n) is 7.18. The van der Waals surface area contributed by atoms with Crippen molar-refractivity contribution in [1.82, 2.24) is 15.5 Å². The maximum absolute atomic E-state index is 5.90. The molecule has 0 unspecified atom stereocenters. The maximum atomic E-state index is 5.90. The molecule has 0 radical (unpaired) electrons. The van der Waals surface area contributed by atoms with Crippen LogP contribution in [0.1, 0.15) is 31.0 Å². The predicted octanol–water partition coefficient (Wildman–Crippen LogP) is 3.28. The van der Waals surface area contributed by atoms with E-state index in [2.05, 4.69) is 28.5 Å². The van der Waals surface area contributed by atoms with Crippen LogP contribution in [0.3, 0.4) is 0 Å². The van der Waals surface area contributed by atoms with Gasteiger partial charge in [-0.05, 0) is 32.5 Å². The van der Waals surface area contributed by atoms with E-state index in [1.54, 1.807) is 0 Å². The molecule has 0 amide bonds. The molecule has 108 valence electrons. The molecule has 2 N–H and O–H groups in total. The summed E-state index contributed by atoms with van der Waals surface area (Å²) in [5, 5.41) is 10.7. The number of hydrogen-bond acceptors (Lipinski definition) is 3. The number of nitrogens with zero attached hydrogens (tertiary/aromatic N) is 1. The van der Waals surface area contributed by atoms with Crippen LogP contribution >= 0.6 is 0 Å². The number of para-hydroxylation sites is 1. The highest BCUT2D eigenvalue weighted by atomic mass is 16.5. The van der Waals surface area contributed by atoms with Gasteiger partial charge in [-0.2, -0.15) is 5.10 Å². The molecule has 0 saturated heterocycles. The summed E-state index contributed by atoms with van der Waals surface area (Å²) in [4.78, 5) is 0. The molecule has 1 aromatic carbocycles. The lowest BCUT2D eigenvalue weighted by Gasteiger charge is -2.11. The Kier molecular flexibility index (Phi) is 5.18. The van der Waals surface area contributed by atoms with E-state index < -0.39 is 0 Å². The normalized spacial score (nSPS) is 10.8. The van der Waals surface area contributed by atoms with E-state index in [1.165, 1.54) is 5.56 Å². The molecule has 0 saturated carbocycles. The molecule has 0 bridgehead atoms. The van der Waals surface area contributed by atoms with Crippen molar-refractivity contribution in [3.8, 4) is 17.0 Å². The number of H-pyrrole nitrogens is 1. The van der Waals surface area contributed by atoms with Crippen molar-refractivity contribution in [1.29, 1.82) is 0 Å². The van der Waals surface area contributed by atoms with Gasteiger partial charge in [-0.15, -0.1) is 0 Å². The van der Waals surface area contributed by atoms with Gasteiger partial charge in [0.15, 0.2) is 0 Å². The second kappa shape index (κ2) is 7.10. The fourth-order valence-electron chi connectivity index (χ4n) is 2.18. The highest BCUT2D eigenvalue weighted by molar-refractivity contribution is 5.70. The number of hydrogen-bond donors (Lipinski definition) is 2. The Bertz CT molecular complexity index is 548. The number of ether oxygens (including phenoxy) is 1. The number of aromatic nitrogens is 2. The Morgan fingerprint density at radius 1 is 1.30 bits per heavy atom. The third kappa shape index (κ3) is 3.20. The number of unbranched alkanes of at least 4 members (excludes halogenated alkanes) is 1. The minimum absolute atomic E-state index is 0.748. The van der Waals surface area contributed by atoms with Crippen LogP contribution in [0.5, 0.6) is 5.75 Å². The molecular weight excluding hydrogens is 250 g/mol. The molecule has 0 fully saturated rings. The van der Waals surface area contributed by atoms with Gasteiger partial charge < -0.3 is 10.1 Å². The van der Waals surface area contributed by atoms with Crippen LogP contribution in [0, 0.1) is 6.92 Å². The third-order valence-electron chi connectivity index (χ3n) is 3.33. The summed E-state index contributed by atoms with van der Waals surface area (Å²) < 4.78 is 5.90. The molecule has 0 aliphatic heterocycles. The smallest absolute Gasteiger partial charge is 0.128 e. The SMILES string of the molecule is CCCCOc1ccccc1-c1n[nH]c(C)c1CNC. The van der Waals surface area contributed by atoms with Crippen LogP contribution in [-0.4, -0.2) is 23.9 Å². The number of nitrogens with one attached hydrogen (secondary N) is 2. The standard InChI is InChI=1S/C16H23N3O/c1-4-5-10-20-15-9-7-6-8-13(15)16-14(11-17-3)12(2)18-19-16/h6-9,17H,4-5,10-11H2,1-3H3,(H,18,19). The molecular formula is C16H23N3O. The fraction of sp³-hybridized carbons (Fsp3) is 0.438. The van der Waals surface area contributed by atoms with Gasteiger partial charge in [-0.25, -0.2) is 0 Å². The molecule has 1 heterocycles. The number of aryl methyl sites for hydroxylation is 1. The van der Waals surface area contributed by atoms with Gasteiger partial charge in [0, 0.05) is 23.4 Å². The number of aromatic amines is 1. The van der Waals surface area contributed by atoms with Crippen molar-refractivity contribution >= 4 is 0 Å². The van der Waals surface area contributed by atoms with E-state index in [0.29, 0.717) is 0 Å². The van der Waals surface area contributed by atoms with Crippen LogP contribution in [-0.2, 0) is 6.54 Å². The van der Waals surface area contributed by atoms with Crippen LogP contribution in [0.2, 0.25) is 0 Å². The van der Waals surface area contributed by atoms with Gasteiger partial charge >= 0.3 is 0 Å². The number of benzene rings is 1. The van der Waals surface area contributed by atoms with Gasteiger partial charge in [-0.3, -0.25) is 5.10 Å². The molecule has 4 heteroatoms. The summed E-state index contributed by atoms with van der Waals surface area (Å²) in [5.74, 6) is 0.907. The Morgan fingerprint density at radius 2 is 2.10 bits per heavy atom. The van der Waals surface area contributed by atoms with Crippen molar-refractivity contribution in [3.05, 3.63) is 35.5 Å². The maximum Gasteiger partial charge on any atom is 0.128 e. The van der Waals surface area contributed by atoms with E-state index in [-0.39, 0.29) is 0 Å². The Balaban J connectivity index is 2.32. The van der Waals surface area contributed by atoms with Crippen LogP contribution in [0.4, 0.5) is 0 Å². The van der Waals surface area contributed by atoms with E-state index in [4.69, 9.17) is 4.74 Å². The van der Waals surface area contributed by atoms with E-state index in [9.17, 15) is 0 Å². The zero-order valence-electron chi connectivity index (χ0n) is 12.5. The van der Waals surface area contributed by atoms with Crippen molar-refractivity contribution in [2.24, 2.45) is 0 Å². The quantitative estimate of drug-likeness (QED) is 0.761.